The van der Waals surface area contributed by atoms with Crippen molar-refractivity contribution in [2.45, 2.75) is 13.1 Å². The van der Waals surface area contributed by atoms with Crippen molar-refractivity contribution in [3.63, 3.8) is 0 Å². The quantitative estimate of drug-likeness (QED) is 0.540. The Hall–Kier alpha value is -1.33. The summed E-state index contributed by atoms with van der Waals surface area (Å²) in [7, 11) is 0. The van der Waals surface area contributed by atoms with E-state index in [0.29, 0.717) is 0 Å². The van der Waals surface area contributed by atoms with Crippen LogP contribution in [0.1, 0.15) is 6.92 Å². The van der Waals surface area contributed by atoms with Gasteiger partial charge in [0.2, 0.25) is 6.34 Å². The van der Waals surface area contributed by atoms with Crippen LogP contribution >= 0.6 is 0 Å². The van der Waals surface area contributed by atoms with Gasteiger partial charge in [-0.2, -0.15) is 18.5 Å². The van der Waals surface area contributed by atoms with Crippen molar-refractivity contribution in [1.29, 1.82) is 0 Å². The molecule has 0 spiro atoms. The second kappa shape index (κ2) is 2.62. The summed E-state index contributed by atoms with van der Waals surface area (Å²) in [4.78, 5) is 13.7. The van der Waals surface area contributed by atoms with Crippen molar-refractivity contribution < 1.29 is 18.0 Å². The predicted octanol–water partition coefficient (Wildman–Crippen LogP) is 0.873. The van der Waals surface area contributed by atoms with Crippen molar-refractivity contribution in [2.24, 2.45) is 4.99 Å². The lowest BCUT2D eigenvalue weighted by atomic mass is 10.2. The molecule has 1 aliphatic heterocycles. The molecule has 0 N–H and O–H groups in total. The highest BCUT2D eigenvalue weighted by Gasteiger charge is 2.42. The van der Waals surface area contributed by atoms with Gasteiger partial charge in [-0.1, -0.05) is 0 Å². The van der Waals surface area contributed by atoms with Crippen LogP contribution in [-0.2, 0) is 4.79 Å². The summed E-state index contributed by atoms with van der Waals surface area (Å²) in [6.07, 6.45) is -2.86. The van der Waals surface area contributed by atoms with Gasteiger partial charge in [-0.25, -0.2) is 4.99 Å². The van der Waals surface area contributed by atoms with E-state index in [0.717, 1.165) is 6.92 Å². The second-order valence-corrected chi connectivity index (χ2v) is 2.09. The Kier molecular flexibility index (Phi) is 1.91. The number of alkyl halides is 3. The van der Waals surface area contributed by atoms with Crippen molar-refractivity contribution >= 4 is 12.2 Å². The Morgan fingerprint density at radius 2 is 2.00 bits per heavy atom. The fraction of sp³-hybridized carbons (Fsp3) is 0.333. The molecule has 0 atom stereocenters. The highest BCUT2D eigenvalue weighted by molar-refractivity contribution is 6.03. The minimum atomic E-state index is -4.68. The summed E-state index contributed by atoms with van der Waals surface area (Å²) in [6, 6.07) is 0. The molecule has 12 heavy (non-hydrogen) atoms. The molecule has 0 saturated heterocycles. The summed E-state index contributed by atoms with van der Waals surface area (Å²) in [5.74, 6) is -1.34. The maximum Gasteiger partial charge on any atom is 0.423 e. The zero-order valence-corrected chi connectivity index (χ0v) is 5.94. The summed E-state index contributed by atoms with van der Waals surface area (Å²) in [5, 5.41) is 2.79. The number of rotatable bonds is 0. The van der Waals surface area contributed by atoms with Gasteiger partial charge in [0.25, 0.3) is 5.91 Å². The molecule has 0 fully saturated rings. The first-order chi connectivity index (χ1) is 5.43. The number of halogens is 3. The van der Waals surface area contributed by atoms with E-state index in [1.54, 1.807) is 0 Å². The van der Waals surface area contributed by atoms with Gasteiger partial charge in [-0.15, -0.1) is 0 Å². The topological polar surface area (TPSA) is 43.5 Å². The summed E-state index contributed by atoms with van der Waals surface area (Å²) < 4.78 is 36.0. The van der Waals surface area contributed by atoms with Gasteiger partial charge in [0.05, 0.1) is 5.70 Å². The SMILES string of the molecule is CC1=C(C(F)(F)F)C(=O)[N][C]=N1. The van der Waals surface area contributed by atoms with Crippen molar-refractivity contribution in [3.05, 3.63) is 11.3 Å². The van der Waals surface area contributed by atoms with Crippen molar-refractivity contribution in [3.8, 4) is 0 Å². The van der Waals surface area contributed by atoms with Crippen LogP contribution in [0.25, 0.3) is 0 Å². The lowest BCUT2D eigenvalue weighted by Gasteiger charge is -2.12. The molecular formula is C6H3F3N2O. The lowest BCUT2D eigenvalue weighted by Crippen LogP contribution is -2.30. The highest BCUT2D eigenvalue weighted by Crippen LogP contribution is 2.29. The van der Waals surface area contributed by atoms with Gasteiger partial charge in [0, 0.05) is 0 Å². The molecule has 1 rings (SSSR count). The molecule has 2 radical (unpaired) electrons. The number of carbonyl (C=O) groups is 1. The summed E-state index contributed by atoms with van der Waals surface area (Å²) >= 11 is 0. The molecule has 0 aliphatic carbocycles. The summed E-state index contributed by atoms with van der Waals surface area (Å²) in [5.41, 5.74) is -1.72. The van der Waals surface area contributed by atoms with Crippen LogP contribution in [0, 0.1) is 0 Å². The van der Waals surface area contributed by atoms with Gasteiger partial charge in [0.1, 0.15) is 5.57 Å². The van der Waals surface area contributed by atoms with E-state index in [2.05, 4.69) is 10.3 Å². The molecule has 64 valence electrons. The van der Waals surface area contributed by atoms with Crippen LogP contribution in [0.2, 0.25) is 0 Å². The number of amides is 1. The Balaban J connectivity index is 3.14. The molecule has 1 aliphatic rings. The van der Waals surface area contributed by atoms with Crippen LogP contribution in [0.3, 0.4) is 0 Å². The van der Waals surface area contributed by atoms with Crippen LogP contribution < -0.4 is 5.32 Å². The Bertz CT molecular complexity index is 277. The number of hydrogen-bond acceptors (Lipinski definition) is 2. The van der Waals surface area contributed by atoms with Crippen LogP contribution in [0.15, 0.2) is 16.3 Å². The van der Waals surface area contributed by atoms with E-state index in [1.807, 2.05) is 6.34 Å². The van der Waals surface area contributed by atoms with E-state index in [4.69, 9.17) is 0 Å². The molecule has 6 heteroatoms. The molecule has 1 heterocycles. The van der Waals surface area contributed by atoms with Gasteiger partial charge in [-0.3, -0.25) is 4.79 Å². The third kappa shape index (κ3) is 1.46. The molecule has 1 amide bonds. The molecular weight excluding hydrogens is 173 g/mol. The normalized spacial score (nSPS) is 18.2. The van der Waals surface area contributed by atoms with Crippen LogP contribution in [0.5, 0.6) is 0 Å². The molecule has 3 nitrogen and oxygen atoms in total. The smallest absolute Gasteiger partial charge is 0.267 e. The zero-order chi connectivity index (χ0) is 9.35. The average molecular weight is 176 g/mol. The predicted molar refractivity (Wildman–Crippen MR) is 33.3 cm³/mol. The maximum absolute atomic E-state index is 12.0. The summed E-state index contributed by atoms with van der Waals surface area (Å²) in [6.45, 7) is 1.09. The largest absolute Gasteiger partial charge is 0.423 e. The zero-order valence-electron chi connectivity index (χ0n) is 5.94. The Morgan fingerprint density at radius 1 is 1.42 bits per heavy atom. The molecule has 0 bridgehead atoms. The van der Waals surface area contributed by atoms with E-state index in [-0.39, 0.29) is 0 Å². The fourth-order valence-electron chi connectivity index (χ4n) is 0.738. The van der Waals surface area contributed by atoms with Crippen LogP contribution in [-0.4, -0.2) is 18.4 Å². The Morgan fingerprint density at radius 3 is 2.33 bits per heavy atom. The first-order valence-corrected chi connectivity index (χ1v) is 2.92. The van der Waals surface area contributed by atoms with E-state index >= 15 is 0 Å². The molecule has 0 aromatic carbocycles. The van der Waals surface area contributed by atoms with Crippen LogP contribution in [0.4, 0.5) is 13.2 Å². The van der Waals surface area contributed by atoms with Gasteiger partial charge in [0.15, 0.2) is 0 Å². The van der Waals surface area contributed by atoms with Crippen molar-refractivity contribution in [1.82, 2.24) is 5.32 Å². The molecule has 0 aromatic heterocycles. The average Bonchev–Trinajstić information content (AvgIpc) is 1.82. The minimum Gasteiger partial charge on any atom is -0.267 e. The third-order valence-electron chi connectivity index (χ3n) is 1.23. The molecule has 0 aromatic rings. The number of hydrogen-bond donors (Lipinski definition) is 0. The van der Waals surface area contributed by atoms with Gasteiger partial charge in [-0.05, 0) is 6.92 Å². The number of allylic oxidation sites excluding steroid dienone is 1. The van der Waals surface area contributed by atoms with E-state index in [1.165, 1.54) is 0 Å². The highest BCUT2D eigenvalue weighted by atomic mass is 19.4. The maximum atomic E-state index is 12.0. The first kappa shape index (κ1) is 8.76. The standard InChI is InChI=1S/C6H3F3N2O/c1-3-4(6(7,8)9)5(12)11-2-10-3/h1H3. The Labute approximate surface area is 66.0 Å². The second-order valence-electron chi connectivity index (χ2n) is 2.09. The third-order valence-corrected chi connectivity index (χ3v) is 1.23. The molecule has 0 unspecified atom stereocenters. The number of carbonyl (C=O) groups excluding carboxylic acids is 1. The number of aliphatic imine (C=N–C) groups is 1. The van der Waals surface area contributed by atoms with E-state index < -0.39 is 23.4 Å². The van der Waals surface area contributed by atoms with E-state index in [9.17, 15) is 18.0 Å². The lowest BCUT2D eigenvalue weighted by molar-refractivity contribution is -0.130. The van der Waals surface area contributed by atoms with Gasteiger partial charge < -0.3 is 0 Å². The monoisotopic (exact) mass is 176 g/mol. The van der Waals surface area contributed by atoms with Crippen molar-refractivity contribution in [2.75, 3.05) is 0 Å². The fourth-order valence-corrected chi connectivity index (χ4v) is 0.738. The molecule has 0 saturated carbocycles. The minimum absolute atomic E-state index is 0.400. The number of nitrogens with zero attached hydrogens (tertiary/aromatic N) is 2. The van der Waals surface area contributed by atoms with Gasteiger partial charge >= 0.3 is 6.18 Å². The first-order valence-electron chi connectivity index (χ1n) is 2.92.